The highest BCUT2D eigenvalue weighted by Crippen LogP contribution is 2.45. The molecule has 0 aliphatic heterocycles. The van der Waals surface area contributed by atoms with Gasteiger partial charge in [0.25, 0.3) is 5.75 Å². The molecule has 33 heavy (non-hydrogen) atoms. The fourth-order valence-corrected chi connectivity index (χ4v) is 3.42. The van der Waals surface area contributed by atoms with Crippen LogP contribution < -0.4 is 10.4 Å². The first-order valence-electron chi connectivity index (χ1n) is 9.16. The van der Waals surface area contributed by atoms with E-state index >= 15 is 0 Å². The summed E-state index contributed by atoms with van der Waals surface area (Å²) in [5.74, 6) is -1.16. The Balaban J connectivity index is 1.95. The van der Waals surface area contributed by atoms with Crippen LogP contribution in [0.25, 0.3) is 21.7 Å². The van der Waals surface area contributed by atoms with Crippen LogP contribution in [0.4, 0.5) is 24.5 Å². The third kappa shape index (κ3) is 3.71. The van der Waals surface area contributed by atoms with Gasteiger partial charge >= 0.3 is 23.2 Å². The van der Waals surface area contributed by atoms with Crippen molar-refractivity contribution in [3.63, 3.8) is 0 Å². The first-order valence-corrected chi connectivity index (χ1v) is 9.16. The third-order valence-electron chi connectivity index (χ3n) is 4.97. The average Bonchev–Trinajstić information content (AvgIpc) is 2.75. The molecule has 0 aliphatic rings. The van der Waals surface area contributed by atoms with Crippen molar-refractivity contribution in [2.75, 3.05) is 0 Å². The van der Waals surface area contributed by atoms with Gasteiger partial charge < -0.3 is 9.15 Å². The first-order chi connectivity index (χ1) is 15.5. The second-order valence-corrected chi connectivity index (χ2v) is 6.96. The molecule has 0 N–H and O–H groups in total. The summed E-state index contributed by atoms with van der Waals surface area (Å²) in [6.45, 7) is 1.44. The summed E-state index contributed by atoms with van der Waals surface area (Å²) in [4.78, 5) is 32.8. The number of ether oxygens (including phenoxy) is 1. The maximum Gasteiger partial charge on any atom is 0.416 e. The molecule has 3 aromatic carbocycles. The van der Waals surface area contributed by atoms with Gasteiger partial charge in [-0.1, -0.05) is 18.2 Å². The largest absolute Gasteiger partial charge is 0.444 e. The van der Waals surface area contributed by atoms with E-state index < -0.39 is 44.3 Å². The second-order valence-electron chi connectivity index (χ2n) is 6.96. The van der Waals surface area contributed by atoms with Crippen molar-refractivity contribution in [3.05, 3.63) is 90.3 Å². The highest BCUT2D eigenvalue weighted by atomic mass is 19.4. The van der Waals surface area contributed by atoms with Crippen molar-refractivity contribution in [3.8, 4) is 11.5 Å². The van der Waals surface area contributed by atoms with Crippen LogP contribution in [0.15, 0.2) is 57.7 Å². The Morgan fingerprint density at radius 3 is 2.03 bits per heavy atom. The zero-order valence-electron chi connectivity index (χ0n) is 16.5. The van der Waals surface area contributed by atoms with Crippen molar-refractivity contribution < 1.29 is 32.2 Å². The Hall–Kier alpha value is -4.48. The summed E-state index contributed by atoms with van der Waals surface area (Å²) in [7, 11) is 0. The van der Waals surface area contributed by atoms with Gasteiger partial charge in [-0.2, -0.15) is 13.2 Å². The number of rotatable bonds is 4. The molecule has 1 aromatic heterocycles. The molecule has 1 heterocycles. The van der Waals surface area contributed by atoms with Crippen LogP contribution in [-0.2, 0) is 6.18 Å². The number of benzene rings is 3. The molecular formula is C21H11F3N2O7. The lowest BCUT2D eigenvalue weighted by Crippen LogP contribution is -2.08. The molecule has 0 amide bonds. The van der Waals surface area contributed by atoms with Crippen LogP contribution in [0.5, 0.6) is 11.5 Å². The SMILES string of the molecule is Cc1c(Oc2c([N+](=O)[O-])cc(C(F)(F)F)cc2[N+](=O)[O-])ccc2c1oc(=O)c1ccccc12. The monoisotopic (exact) mass is 460 g/mol. The second kappa shape index (κ2) is 7.58. The van der Waals surface area contributed by atoms with Crippen LogP contribution in [-0.4, -0.2) is 9.85 Å². The Kier molecular flexibility index (Phi) is 5.00. The fraction of sp³-hybridized carbons (Fsp3) is 0.0952. The van der Waals surface area contributed by atoms with Crippen LogP contribution in [0, 0.1) is 27.2 Å². The topological polar surface area (TPSA) is 126 Å². The van der Waals surface area contributed by atoms with Crippen molar-refractivity contribution in [2.45, 2.75) is 13.1 Å². The summed E-state index contributed by atoms with van der Waals surface area (Å²) in [5.41, 5.74) is -4.48. The number of nitrogens with zero attached hydrogens (tertiary/aromatic N) is 2. The van der Waals surface area contributed by atoms with Gasteiger partial charge in [0.2, 0.25) is 0 Å². The lowest BCUT2D eigenvalue weighted by molar-refractivity contribution is -0.396. The van der Waals surface area contributed by atoms with E-state index in [4.69, 9.17) is 9.15 Å². The van der Waals surface area contributed by atoms with Crippen LogP contribution in [0.2, 0.25) is 0 Å². The number of hydrogen-bond acceptors (Lipinski definition) is 7. The number of aryl methyl sites for hydroxylation is 1. The molecule has 0 saturated carbocycles. The smallest absolute Gasteiger partial charge is 0.416 e. The molecule has 0 bridgehead atoms. The highest BCUT2D eigenvalue weighted by molar-refractivity contribution is 6.05. The van der Waals surface area contributed by atoms with Crippen LogP contribution >= 0.6 is 0 Å². The number of alkyl halides is 3. The fourth-order valence-electron chi connectivity index (χ4n) is 3.42. The summed E-state index contributed by atoms with van der Waals surface area (Å²) >= 11 is 0. The summed E-state index contributed by atoms with van der Waals surface area (Å²) < 4.78 is 50.1. The lowest BCUT2D eigenvalue weighted by Gasteiger charge is -2.13. The van der Waals surface area contributed by atoms with E-state index in [0.29, 0.717) is 16.2 Å². The molecule has 0 atom stereocenters. The van der Waals surface area contributed by atoms with Crippen molar-refractivity contribution in [2.24, 2.45) is 0 Å². The minimum Gasteiger partial charge on any atom is -0.444 e. The molecule has 0 saturated heterocycles. The molecular weight excluding hydrogens is 449 g/mol. The number of hydrogen-bond donors (Lipinski definition) is 0. The zero-order valence-corrected chi connectivity index (χ0v) is 16.5. The highest BCUT2D eigenvalue weighted by Gasteiger charge is 2.39. The molecule has 0 spiro atoms. The van der Waals surface area contributed by atoms with E-state index in [-0.39, 0.29) is 29.0 Å². The standard InChI is InChI=1S/C21H11F3N2O7/c1-10-17(7-6-13-12-4-2-3-5-14(12)20(27)33-18(10)13)32-19-15(25(28)29)8-11(21(22,23)24)9-16(19)26(30)31/h2-9H,1H3. The molecule has 0 radical (unpaired) electrons. The van der Waals surface area contributed by atoms with Gasteiger partial charge in [-0.05, 0) is 30.5 Å². The summed E-state index contributed by atoms with van der Waals surface area (Å²) in [6, 6.07) is 9.72. The normalized spacial score (nSPS) is 11.6. The van der Waals surface area contributed by atoms with E-state index in [2.05, 4.69) is 0 Å². The first kappa shape index (κ1) is 21.7. The van der Waals surface area contributed by atoms with E-state index in [1.807, 2.05) is 0 Å². The zero-order chi connectivity index (χ0) is 24.1. The molecule has 0 aliphatic carbocycles. The quantitative estimate of drug-likeness (QED) is 0.161. The van der Waals surface area contributed by atoms with Crippen LogP contribution in [0.1, 0.15) is 11.1 Å². The van der Waals surface area contributed by atoms with Crippen molar-refractivity contribution in [1.29, 1.82) is 0 Å². The van der Waals surface area contributed by atoms with Gasteiger partial charge in [-0.25, -0.2) is 4.79 Å². The van der Waals surface area contributed by atoms with Crippen molar-refractivity contribution >= 4 is 33.1 Å². The van der Waals surface area contributed by atoms with Gasteiger partial charge in [0.1, 0.15) is 11.3 Å². The maximum absolute atomic E-state index is 13.1. The Morgan fingerprint density at radius 1 is 0.909 bits per heavy atom. The predicted octanol–water partition coefficient (Wildman–Crippen LogP) is 5.88. The minimum atomic E-state index is -5.06. The Labute approximate surface area is 180 Å². The third-order valence-corrected chi connectivity index (χ3v) is 4.97. The molecule has 4 rings (SSSR count). The summed E-state index contributed by atoms with van der Waals surface area (Å²) in [5, 5.41) is 24.2. The number of nitro benzene ring substituents is 2. The Bertz CT molecular complexity index is 1490. The molecule has 4 aromatic rings. The Morgan fingerprint density at radius 2 is 1.48 bits per heavy atom. The van der Waals surface area contributed by atoms with E-state index in [1.54, 1.807) is 24.3 Å². The number of halogens is 3. The van der Waals surface area contributed by atoms with Crippen molar-refractivity contribution in [1.82, 2.24) is 0 Å². The molecule has 168 valence electrons. The van der Waals surface area contributed by atoms with Gasteiger partial charge in [-0.15, -0.1) is 0 Å². The lowest BCUT2D eigenvalue weighted by atomic mass is 10.0. The van der Waals surface area contributed by atoms with Gasteiger partial charge in [0.15, 0.2) is 0 Å². The maximum atomic E-state index is 13.1. The molecule has 12 heteroatoms. The number of fused-ring (bicyclic) bond motifs is 3. The van der Waals surface area contributed by atoms with Gasteiger partial charge in [0, 0.05) is 23.1 Å². The molecule has 0 unspecified atom stereocenters. The van der Waals surface area contributed by atoms with Gasteiger partial charge in [-0.3, -0.25) is 20.2 Å². The van der Waals surface area contributed by atoms with E-state index in [0.717, 1.165) is 0 Å². The summed E-state index contributed by atoms with van der Waals surface area (Å²) in [6.07, 6.45) is -5.06. The molecule has 0 fully saturated rings. The average molecular weight is 460 g/mol. The number of nitro groups is 2. The van der Waals surface area contributed by atoms with Crippen LogP contribution in [0.3, 0.4) is 0 Å². The van der Waals surface area contributed by atoms with Gasteiger partial charge in [0.05, 0.1) is 20.8 Å². The molecule has 9 nitrogen and oxygen atoms in total. The minimum absolute atomic E-state index is 0.0633. The van der Waals surface area contributed by atoms with E-state index in [9.17, 15) is 38.2 Å². The predicted molar refractivity (Wildman–Crippen MR) is 110 cm³/mol. The van der Waals surface area contributed by atoms with E-state index in [1.165, 1.54) is 19.1 Å².